The first-order valence-electron chi connectivity index (χ1n) is 5.11. The van der Waals surface area contributed by atoms with Crippen LogP contribution in [0.5, 0.6) is 0 Å². The monoisotopic (exact) mass is 226 g/mol. The van der Waals surface area contributed by atoms with Gasteiger partial charge in [0, 0.05) is 11.4 Å². The number of halogens is 1. The van der Waals surface area contributed by atoms with Crippen molar-refractivity contribution >= 4 is 17.9 Å². The molecule has 84 valence electrons. The van der Waals surface area contributed by atoms with Crippen LogP contribution >= 0.6 is 11.6 Å². The number of rotatable bonds is 1. The topological polar surface area (TPSA) is 17.1 Å². The van der Waals surface area contributed by atoms with E-state index in [-0.39, 0.29) is 5.41 Å². The van der Waals surface area contributed by atoms with E-state index in [0.717, 1.165) is 11.3 Å². The Morgan fingerprint density at radius 1 is 1.20 bits per heavy atom. The van der Waals surface area contributed by atoms with Gasteiger partial charge in [-0.1, -0.05) is 51.4 Å². The fraction of sp³-hybridized carbons (Fsp3) is 0.462. The number of benzene rings is 1. The van der Waals surface area contributed by atoms with Crippen LogP contribution in [0.3, 0.4) is 0 Å². The lowest BCUT2D eigenvalue weighted by Gasteiger charge is -2.18. The van der Waals surface area contributed by atoms with Gasteiger partial charge in [-0.15, -0.1) is 0 Å². The summed E-state index contributed by atoms with van der Waals surface area (Å²) >= 11 is 5.76. The summed E-state index contributed by atoms with van der Waals surface area (Å²) in [6.45, 7) is 8.38. The molecule has 1 nitrogen and oxygen atoms in total. The fourth-order valence-electron chi connectivity index (χ4n) is 0.950. The normalized spacial score (nSPS) is 10.2. The van der Waals surface area contributed by atoms with Crippen molar-refractivity contribution in [1.82, 2.24) is 0 Å². The molecule has 0 spiro atoms. The van der Waals surface area contributed by atoms with E-state index >= 15 is 0 Å². The second kappa shape index (κ2) is 6.62. The highest BCUT2D eigenvalue weighted by Gasteiger charge is 2.12. The van der Waals surface area contributed by atoms with Crippen LogP contribution in [0.15, 0.2) is 24.3 Å². The van der Waals surface area contributed by atoms with Crippen LogP contribution in [-0.4, -0.2) is 6.29 Å². The third-order valence-corrected chi connectivity index (χ3v) is 2.13. The van der Waals surface area contributed by atoms with Gasteiger partial charge < -0.3 is 4.79 Å². The Morgan fingerprint density at radius 2 is 1.60 bits per heavy atom. The van der Waals surface area contributed by atoms with E-state index < -0.39 is 0 Å². The number of aldehydes is 1. The zero-order valence-electron chi connectivity index (χ0n) is 9.88. The van der Waals surface area contributed by atoms with Crippen LogP contribution < -0.4 is 0 Å². The first-order chi connectivity index (χ1) is 6.91. The molecule has 0 aliphatic heterocycles. The number of hydrogen-bond donors (Lipinski definition) is 0. The summed E-state index contributed by atoms with van der Waals surface area (Å²) in [6, 6.07) is 8.01. The molecule has 0 bridgehead atoms. The van der Waals surface area contributed by atoms with E-state index in [9.17, 15) is 4.79 Å². The maximum Gasteiger partial charge on any atom is 0.119 e. The third-order valence-electron chi connectivity index (χ3n) is 1.88. The van der Waals surface area contributed by atoms with Gasteiger partial charge in [-0.3, -0.25) is 0 Å². The molecule has 0 aromatic heterocycles. The van der Waals surface area contributed by atoms with Gasteiger partial charge in [0.1, 0.15) is 6.29 Å². The van der Waals surface area contributed by atoms with Gasteiger partial charge in [0.05, 0.1) is 0 Å². The molecule has 1 rings (SSSR count). The van der Waals surface area contributed by atoms with E-state index in [1.807, 2.05) is 19.1 Å². The molecule has 15 heavy (non-hydrogen) atoms. The first-order valence-corrected chi connectivity index (χ1v) is 5.49. The number of hydrogen-bond acceptors (Lipinski definition) is 1. The third kappa shape index (κ3) is 6.29. The molecule has 0 unspecified atom stereocenters. The van der Waals surface area contributed by atoms with Crippen molar-refractivity contribution in [2.75, 3.05) is 0 Å². The molecule has 0 amide bonds. The molecule has 0 saturated heterocycles. The second-order valence-corrected chi connectivity index (χ2v) is 4.77. The standard InChI is InChI=1S/C10H13Cl.C3H6O/c1-10(2,3)8-4-6-9(11)7-5-8;1-2-3-4/h4-7H,1-3H3;3H,2H2,1H3. The van der Waals surface area contributed by atoms with Gasteiger partial charge >= 0.3 is 0 Å². The van der Waals surface area contributed by atoms with Crippen LogP contribution in [0.25, 0.3) is 0 Å². The lowest BCUT2D eigenvalue weighted by molar-refractivity contribution is -0.107. The molecule has 0 aliphatic carbocycles. The molecule has 1 aromatic rings. The van der Waals surface area contributed by atoms with E-state index in [2.05, 4.69) is 32.9 Å². The maximum absolute atomic E-state index is 9.17. The molecule has 0 heterocycles. The van der Waals surface area contributed by atoms with Crippen LogP contribution in [0.1, 0.15) is 39.7 Å². The minimum atomic E-state index is 0.227. The first kappa shape index (κ1) is 14.2. The molecule has 0 N–H and O–H groups in total. The second-order valence-electron chi connectivity index (χ2n) is 4.33. The van der Waals surface area contributed by atoms with Gasteiger partial charge in [-0.05, 0) is 23.1 Å². The van der Waals surface area contributed by atoms with Crippen molar-refractivity contribution in [3.8, 4) is 0 Å². The SMILES string of the molecule is CC(C)(C)c1ccc(Cl)cc1.CCC=O. The van der Waals surface area contributed by atoms with Crippen LogP contribution in [-0.2, 0) is 10.2 Å². The summed E-state index contributed by atoms with van der Waals surface area (Å²) in [7, 11) is 0. The molecule has 0 atom stereocenters. The van der Waals surface area contributed by atoms with Gasteiger partial charge in [-0.25, -0.2) is 0 Å². The Kier molecular flexibility index (Phi) is 6.26. The van der Waals surface area contributed by atoms with Crippen LogP contribution in [0.4, 0.5) is 0 Å². The molecule has 0 radical (unpaired) electrons. The van der Waals surface area contributed by atoms with Crippen molar-refractivity contribution < 1.29 is 4.79 Å². The predicted octanol–water partition coefficient (Wildman–Crippen LogP) is 4.23. The van der Waals surface area contributed by atoms with Crippen molar-refractivity contribution in [1.29, 1.82) is 0 Å². The van der Waals surface area contributed by atoms with Gasteiger partial charge in [0.2, 0.25) is 0 Å². The summed E-state index contributed by atoms with van der Waals surface area (Å²) < 4.78 is 0. The average Bonchev–Trinajstić information content (AvgIpc) is 2.17. The molecular formula is C13H19ClO. The van der Waals surface area contributed by atoms with Crippen LogP contribution in [0, 0.1) is 0 Å². The maximum atomic E-state index is 9.17. The van der Waals surface area contributed by atoms with Crippen molar-refractivity contribution in [3.63, 3.8) is 0 Å². The molecule has 0 saturated carbocycles. The smallest absolute Gasteiger partial charge is 0.119 e. The lowest BCUT2D eigenvalue weighted by Crippen LogP contribution is -2.10. The molecule has 2 heteroatoms. The summed E-state index contributed by atoms with van der Waals surface area (Å²) in [5.74, 6) is 0. The molecule has 1 aromatic carbocycles. The number of carbonyl (C=O) groups is 1. The Balaban J connectivity index is 0.000000423. The summed E-state index contributed by atoms with van der Waals surface area (Å²) in [5.41, 5.74) is 1.55. The molecule has 0 aliphatic rings. The highest BCUT2D eigenvalue weighted by atomic mass is 35.5. The quantitative estimate of drug-likeness (QED) is 0.655. The van der Waals surface area contributed by atoms with Crippen molar-refractivity contribution in [3.05, 3.63) is 34.9 Å². The van der Waals surface area contributed by atoms with E-state index in [0.29, 0.717) is 6.42 Å². The van der Waals surface area contributed by atoms with Crippen molar-refractivity contribution in [2.24, 2.45) is 0 Å². The fourth-order valence-corrected chi connectivity index (χ4v) is 1.08. The van der Waals surface area contributed by atoms with Gasteiger partial charge in [0.15, 0.2) is 0 Å². The number of carbonyl (C=O) groups excluding carboxylic acids is 1. The zero-order chi connectivity index (χ0) is 11.9. The molecular weight excluding hydrogens is 208 g/mol. The minimum absolute atomic E-state index is 0.227. The van der Waals surface area contributed by atoms with Gasteiger partial charge in [-0.2, -0.15) is 0 Å². The summed E-state index contributed by atoms with van der Waals surface area (Å²) in [4.78, 5) is 9.17. The Labute approximate surface area is 97.5 Å². The van der Waals surface area contributed by atoms with E-state index in [1.54, 1.807) is 0 Å². The van der Waals surface area contributed by atoms with Gasteiger partial charge in [0.25, 0.3) is 0 Å². The largest absolute Gasteiger partial charge is 0.303 e. The highest BCUT2D eigenvalue weighted by Crippen LogP contribution is 2.23. The average molecular weight is 227 g/mol. The Bertz CT molecular complexity index is 282. The minimum Gasteiger partial charge on any atom is -0.303 e. The molecule has 0 fully saturated rings. The lowest BCUT2D eigenvalue weighted by atomic mass is 9.87. The van der Waals surface area contributed by atoms with E-state index in [4.69, 9.17) is 11.6 Å². The Hall–Kier alpha value is -0.820. The highest BCUT2D eigenvalue weighted by molar-refractivity contribution is 6.30. The predicted molar refractivity (Wildman–Crippen MR) is 66.5 cm³/mol. The van der Waals surface area contributed by atoms with Crippen molar-refractivity contribution in [2.45, 2.75) is 39.5 Å². The van der Waals surface area contributed by atoms with E-state index in [1.165, 1.54) is 5.56 Å². The Morgan fingerprint density at radius 3 is 1.87 bits per heavy atom. The summed E-state index contributed by atoms with van der Waals surface area (Å²) in [5, 5.41) is 0.804. The van der Waals surface area contributed by atoms with Crippen LogP contribution in [0.2, 0.25) is 5.02 Å². The summed E-state index contributed by atoms with van der Waals surface area (Å²) in [6.07, 6.45) is 1.51. The zero-order valence-corrected chi connectivity index (χ0v) is 10.6.